The third-order valence-electron chi connectivity index (χ3n) is 3.35. The summed E-state index contributed by atoms with van der Waals surface area (Å²) in [5.41, 5.74) is 0. The van der Waals surface area contributed by atoms with Crippen LogP contribution in [0.15, 0.2) is 0 Å². The van der Waals surface area contributed by atoms with Crippen LogP contribution in [0.2, 0.25) is 0 Å². The SMILES string of the molecule is O=C(O)CCOCCOCCOCCOCCOCCOCCNC(=O)COCC(=O)O. The first-order valence-corrected chi connectivity index (χ1v) is 10.3. The zero-order valence-electron chi connectivity index (χ0n) is 18.3. The highest BCUT2D eigenvalue weighted by atomic mass is 16.6. The van der Waals surface area contributed by atoms with Gasteiger partial charge in [0.15, 0.2) is 0 Å². The normalized spacial score (nSPS) is 10.9. The van der Waals surface area contributed by atoms with Crippen molar-refractivity contribution in [2.45, 2.75) is 6.42 Å². The van der Waals surface area contributed by atoms with Gasteiger partial charge in [0.1, 0.15) is 13.2 Å². The summed E-state index contributed by atoms with van der Waals surface area (Å²) in [4.78, 5) is 31.8. The number of ether oxygens (including phenoxy) is 7. The average Bonchev–Trinajstić information content (AvgIpc) is 2.74. The Morgan fingerprint density at radius 1 is 0.500 bits per heavy atom. The van der Waals surface area contributed by atoms with Crippen LogP contribution in [-0.2, 0) is 47.5 Å². The second kappa shape index (κ2) is 23.8. The predicted molar refractivity (Wildman–Crippen MR) is 109 cm³/mol. The first-order chi connectivity index (χ1) is 15.5. The minimum Gasteiger partial charge on any atom is -0.481 e. The van der Waals surface area contributed by atoms with Gasteiger partial charge in [0.2, 0.25) is 5.91 Å². The highest BCUT2D eigenvalue weighted by molar-refractivity contribution is 5.77. The lowest BCUT2D eigenvalue weighted by Gasteiger charge is -2.08. The third-order valence-corrected chi connectivity index (χ3v) is 3.35. The summed E-state index contributed by atoms with van der Waals surface area (Å²) in [5, 5.41) is 19.3. The maximum absolute atomic E-state index is 11.3. The van der Waals surface area contributed by atoms with E-state index in [-0.39, 0.29) is 19.6 Å². The van der Waals surface area contributed by atoms with E-state index >= 15 is 0 Å². The van der Waals surface area contributed by atoms with E-state index in [4.69, 9.17) is 38.6 Å². The molecule has 0 spiro atoms. The molecule has 0 saturated carbocycles. The molecule has 0 aliphatic rings. The van der Waals surface area contributed by atoms with Gasteiger partial charge in [-0.3, -0.25) is 9.59 Å². The fourth-order valence-corrected chi connectivity index (χ4v) is 1.91. The predicted octanol–water partition coefficient (Wildman–Crippen LogP) is -1.22. The Hall–Kier alpha value is -1.87. The lowest BCUT2D eigenvalue weighted by molar-refractivity contribution is -0.143. The lowest BCUT2D eigenvalue weighted by Crippen LogP contribution is -2.31. The highest BCUT2D eigenvalue weighted by Crippen LogP contribution is 1.86. The molecular formula is C19H35NO12. The molecule has 1 amide bonds. The zero-order valence-corrected chi connectivity index (χ0v) is 18.3. The Bertz CT molecular complexity index is 477. The number of hydrogen-bond acceptors (Lipinski definition) is 10. The topological polar surface area (TPSA) is 168 Å². The number of carbonyl (C=O) groups is 3. The van der Waals surface area contributed by atoms with Crippen molar-refractivity contribution in [3.05, 3.63) is 0 Å². The van der Waals surface area contributed by atoms with E-state index in [1.165, 1.54) is 0 Å². The van der Waals surface area contributed by atoms with Gasteiger partial charge < -0.3 is 48.7 Å². The molecule has 0 aliphatic carbocycles. The Morgan fingerprint density at radius 3 is 1.31 bits per heavy atom. The van der Waals surface area contributed by atoms with E-state index in [1.807, 2.05) is 0 Å². The minimum absolute atomic E-state index is 0.0146. The Labute approximate surface area is 187 Å². The molecule has 0 rings (SSSR count). The van der Waals surface area contributed by atoms with E-state index in [2.05, 4.69) is 10.1 Å². The van der Waals surface area contributed by atoms with Crippen molar-refractivity contribution >= 4 is 17.8 Å². The van der Waals surface area contributed by atoms with Gasteiger partial charge in [0.05, 0.1) is 85.7 Å². The molecule has 0 unspecified atom stereocenters. The summed E-state index contributed by atoms with van der Waals surface area (Å²) < 4.78 is 36.3. The molecule has 32 heavy (non-hydrogen) atoms. The maximum Gasteiger partial charge on any atom is 0.329 e. The fraction of sp³-hybridized carbons (Fsp3) is 0.842. The van der Waals surface area contributed by atoms with Crippen LogP contribution in [0.25, 0.3) is 0 Å². The molecule has 0 radical (unpaired) electrons. The number of nitrogens with one attached hydrogen (secondary N) is 1. The van der Waals surface area contributed by atoms with Gasteiger partial charge in [0.25, 0.3) is 0 Å². The van der Waals surface area contributed by atoms with Gasteiger partial charge in [-0.15, -0.1) is 0 Å². The second-order valence-corrected chi connectivity index (χ2v) is 6.05. The number of carboxylic acid groups (broad SMARTS) is 2. The van der Waals surface area contributed by atoms with Crippen molar-refractivity contribution in [2.75, 3.05) is 99.0 Å². The van der Waals surface area contributed by atoms with Gasteiger partial charge in [0, 0.05) is 6.54 Å². The van der Waals surface area contributed by atoms with Crippen molar-refractivity contribution < 1.29 is 57.8 Å². The number of aliphatic carboxylic acids is 2. The molecule has 0 aromatic rings. The Kier molecular flexibility index (Phi) is 22.4. The minimum atomic E-state index is -1.13. The number of hydrogen-bond donors (Lipinski definition) is 3. The first kappa shape index (κ1) is 30.1. The summed E-state index contributed by atoms with van der Waals surface area (Å²) in [6.45, 7) is 4.06. The molecule has 0 aliphatic heterocycles. The van der Waals surface area contributed by atoms with E-state index in [9.17, 15) is 14.4 Å². The molecule has 13 nitrogen and oxygen atoms in total. The van der Waals surface area contributed by atoms with Gasteiger partial charge in [-0.2, -0.15) is 0 Å². The van der Waals surface area contributed by atoms with E-state index < -0.39 is 24.5 Å². The Balaban J connectivity index is 3.11. The quantitative estimate of drug-likeness (QED) is 0.136. The van der Waals surface area contributed by atoms with Gasteiger partial charge in [-0.05, 0) is 0 Å². The number of rotatable bonds is 25. The lowest BCUT2D eigenvalue weighted by atomic mass is 10.5. The molecule has 13 heteroatoms. The number of carbonyl (C=O) groups excluding carboxylic acids is 1. The van der Waals surface area contributed by atoms with Crippen molar-refractivity contribution in [3.8, 4) is 0 Å². The zero-order chi connectivity index (χ0) is 23.7. The highest BCUT2D eigenvalue weighted by Gasteiger charge is 2.03. The summed E-state index contributed by atoms with van der Waals surface area (Å²) in [7, 11) is 0. The molecule has 0 fully saturated rings. The van der Waals surface area contributed by atoms with Gasteiger partial charge >= 0.3 is 11.9 Å². The van der Waals surface area contributed by atoms with Crippen LogP contribution >= 0.6 is 0 Å². The smallest absolute Gasteiger partial charge is 0.329 e. The number of carboxylic acids is 2. The summed E-state index contributed by atoms with van der Waals surface area (Å²) in [6.07, 6.45) is -0.0146. The average molecular weight is 469 g/mol. The van der Waals surface area contributed by atoms with Crippen LogP contribution in [0.5, 0.6) is 0 Å². The van der Waals surface area contributed by atoms with Crippen LogP contribution in [0.1, 0.15) is 6.42 Å². The van der Waals surface area contributed by atoms with Crippen molar-refractivity contribution in [2.24, 2.45) is 0 Å². The van der Waals surface area contributed by atoms with E-state index in [0.717, 1.165) is 0 Å². The summed E-state index contributed by atoms with van der Waals surface area (Å²) in [5.74, 6) is -2.42. The van der Waals surface area contributed by atoms with Crippen LogP contribution < -0.4 is 5.32 Å². The molecule has 0 heterocycles. The first-order valence-electron chi connectivity index (χ1n) is 10.3. The monoisotopic (exact) mass is 469 g/mol. The summed E-state index contributed by atoms with van der Waals surface area (Å²) >= 11 is 0. The van der Waals surface area contributed by atoms with Crippen molar-refractivity contribution in [1.29, 1.82) is 0 Å². The molecule has 188 valence electrons. The molecule has 0 aromatic heterocycles. The largest absolute Gasteiger partial charge is 0.481 e. The summed E-state index contributed by atoms with van der Waals surface area (Å²) in [6, 6.07) is 0. The molecule has 0 aromatic carbocycles. The molecule has 0 saturated heterocycles. The van der Waals surface area contributed by atoms with Crippen LogP contribution in [0.4, 0.5) is 0 Å². The van der Waals surface area contributed by atoms with Crippen LogP contribution in [-0.4, -0.2) is 127 Å². The van der Waals surface area contributed by atoms with Crippen LogP contribution in [0.3, 0.4) is 0 Å². The maximum atomic E-state index is 11.3. The molecule has 3 N–H and O–H groups in total. The van der Waals surface area contributed by atoms with Crippen molar-refractivity contribution in [1.82, 2.24) is 5.32 Å². The standard InChI is InChI=1S/C19H35NO12/c21-17(15-32-16-19(24)25)20-2-4-27-6-8-29-10-12-31-14-13-30-11-9-28-7-5-26-3-1-18(22)23/h1-16H2,(H,20,21)(H,22,23)(H,24,25). The molecule has 0 atom stereocenters. The van der Waals surface area contributed by atoms with Gasteiger partial charge in [-0.25, -0.2) is 4.79 Å². The second-order valence-electron chi connectivity index (χ2n) is 6.05. The van der Waals surface area contributed by atoms with Crippen molar-refractivity contribution in [3.63, 3.8) is 0 Å². The Morgan fingerprint density at radius 2 is 0.906 bits per heavy atom. The molecular weight excluding hydrogens is 434 g/mol. The van der Waals surface area contributed by atoms with E-state index in [0.29, 0.717) is 79.2 Å². The fourth-order valence-electron chi connectivity index (χ4n) is 1.91. The molecule has 0 bridgehead atoms. The van der Waals surface area contributed by atoms with Gasteiger partial charge in [-0.1, -0.05) is 0 Å². The third kappa shape index (κ3) is 26.2. The van der Waals surface area contributed by atoms with Crippen LogP contribution in [0, 0.1) is 0 Å². The number of amides is 1. The van der Waals surface area contributed by atoms with E-state index in [1.54, 1.807) is 0 Å².